The lowest BCUT2D eigenvalue weighted by Crippen LogP contribution is -2.31. The molecule has 1 atom stereocenters. The average Bonchev–Trinajstić information content (AvgIpc) is 3.46. The van der Waals surface area contributed by atoms with Gasteiger partial charge in [-0.15, -0.1) is 0 Å². The first-order valence-corrected chi connectivity index (χ1v) is 11.0. The van der Waals surface area contributed by atoms with E-state index in [0.717, 1.165) is 50.2 Å². The molecule has 7 nitrogen and oxygen atoms in total. The molecular weight excluding hydrogens is 390 g/mol. The van der Waals surface area contributed by atoms with Gasteiger partial charge in [0, 0.05) is 30.7 Å². The van der Waals surface area contributed by atoms with Gasteiger partial charge in [0.25, 0.3) is 5.56 Å². The van der Waals surface area contributed by atoms with Gasteiger partial charge in [0.1, 0.15) is 5.02 Å². The van der Waals surface area contributed by atoms with E-state index in [-0.39, 0.29) is 22.4 Å². The van der Waals surface area contributed by atoms with Gasteiger partial charge in [0.15, 0.2) is 0 Å². The van der Waals surface area contributed by atoms with Gasteiger partial charge in [-0.25, -0.2) is 5.10 Å². The normalized spacial score (nSPS) is 22.0. The summed E-state index contributed by atoms with van der Waals surface area (Å²) in [5.41, 5.74) is 6.43. The van der Waals surface area contributed by atoms with Crippen molar-refractivity contribution in [2.45, 2.75) is 63.8 Å². The molecule has 160 valence electrons. The fraction of sp³-hybridized carbons (Fsp3) is 0.667. The van der Waals surface area contributed by atoms with Crippen LogP contribution in [0.4, 0.5) is 5.69 Å². The van der Waals surface area contributed by atoms with E-state index in [4.69, 9.17) is 17.3 Å². The van der Waals surface area contributed by atoms with Gasteiger partial charge >= 0.3 is 0 Å². The van der Waals surface area contributed by atoms with Gasteiger partial charge in [0.2, 0.25) is 5.91 Å². The molecule has 4 rings (SSSR count). The molecule has 29 heavy (non-hydrogen) atoms. The van der Waals surface area contributed by atoms with Crippen LogP contribution >= 0.6 is 11.6 Å². The fourth-order valence-electron chi connectivity index (χ4n) is 4.12. The molecule has 1 saturated heterocycles. The van der Waals surface area contributed by atoms with E-state index in [1.807, 2.05) is 0 Å². The number of aromatic nitrogens is 2. The third-order valence-corrected chi connectivity index (χ3v) is 6.30. The summed E-state index contributed by atoms with van der Waals surface area (Å²) in [6, 6.07) is 0.611. The van der Waals surface area contributed by atoms with Crippen molar-refractivity contribution >= 4 is 23.2 Å². The smallest absolute Gasteiger partial charge is 0.285 e. The maximum atomic E-state index is 11.6. The number of carbonyl (C=O) groups is 1. The zero-order valence-electron chi connectivity index (χ0n) is 17.0. The number of H-pyrrole nitrogens is 1. The molecule has 2 saturated carbocycles. The van der Waals surface area contributed by atoms with Crippen LogP contribution in [0.1, 0.15) is 57.8 Å². The number of nitrogens with two attached hydrogens (primary N) is 1. The number of halogens is 1. The second-order valence-electron chi connectivity index (χ2n) is 8.46. The van der Waals surface area contributed by atoms with Crippen LogP contribution in [-0.4, -0.2) is 35.2 Å². The molecule has 4 N–H and O–H groups in total. The van der Waals surface area contributed by atoms with Crippen LogP contribution in [0.2, 0.25) is 5.02 Å². The predicted molar refractivity (Wildman–Crippen MR) is 116 cm³/mol. The number of anilines is 1. The van der Waals surface area contributed by atoms with Gasteiger partial charge in [-0.2, -0.15) is 5.10 Å². The summed E-state index contributed by atoms with van der Waals surface area (Å²) in [4.78, 5) is 23.7. The maximum absolute atomic E-state index is 11.6. The topological polar surface area (TPSA) is 104 Å². The molecule has 1 unspecified atom stereocenters. The molecule has 1 aromatic heterocycles. The molecule has 3 fully saturated rings. The number of nitrogens with zero attached hydrogens (tertiary/aromatic N) is 2. The number of allylic oxidation sites excluding steroid dienone is 1. The highest BCUT2D eigenvalue weighted by Crippen LogP contribution is 2.30. The summed E-state index contributed by atoms with van der Waals surface area (Å²) in [5.74, 6) is 0.661. The number of aromatic amines is 1. The van der Waals surface area contributed by atoms with Crippen molar-refractivity contribution in [1.82, 2.24) is 15.5 Å². The van der Waals surface area contributed by atoms with Crippen molar-refractivity contribution in [3.63, 3.8) is 0 Å². The standard InChI is InChI=1S/C17H25ClN4O.C4H7NO/c1-12(20-14-5-3-2-4-6-14)9-13-7-8-22(11-13)15-10-19-21-17(23)16(15)18;5-4(6)3-1-2-3/h10,13-14,20H,1-9,11H2,(H,21,23);3H,1-2H2,(H2,5,6). The molecule has 0 spiro atoms. The van der Waals surface area contributed by atoms with Crippen molar-refractivity contribution in [2.75, 3.05) is 18.0 Å². The summed E-state index contributed by atoms with van der Waals surface area (Å²) >= 11 is 6.10. The van der Waals surface area contributed by atoms with Crippen LogP contribution in [0.15, 0.2) is 23.3 Å². The van der Waals surface area contributed by atoms with E-state index < -0.39 is 0 Å². The molecule has 0 aromatic carbocycles. The van der Waals surface area contributed by atoms with E-state index in [1.54, 1.807) is 6.20 Å². The molecule has 1 aromatic rings. The molecule has 1 amide bonds. The Balaban J connectivity index is 0.000000343. The first-order chi connectivity index (χ1) is 13.9. The van der Waals surface area contributed by atoms with E-state index in [9.17, 15) is 9.59 Å². The highest BCUT2D eigenvalue weighted by atomic mass is 35.5. The predicted octanol–water partition coefficient (Wildman–Crippen LogP) is 2.96. The third-order valence-electron chi connectivity index (χ3n) is 5.93. The van der Waals surface area contributed by atoms with Crippen LogP contribution in [0.5, 0.6) is 0 Å². The number of amides is 1. The number of nitrogens with one attached hydrogen (secondary N) is 2. The second-order valence-corrected chi connectivity index (χ2v) is 8.84. The summed E-state index contributed by atoms with van der Waals surface area (Å²) in [7, 11) is 0. The van der Waals surface area contributed by atoms with Crippen LogP contribution in [0.3, 0.4) is 0 Å². The number of rotatable bonds is 6. The van der Waals surface area contributed by atoms with Crippen molar-refractivity contribution in [1.29, 1.82) is 0 Å². The van der Waals surface area contributed by atoms with E-state index in [0.29, 0.717) is 12.0 Å². The van der Waals surface area contributed by atoms with Gasteiger partial charge in [-0.3, -0.25) is 9.59 Å². The van der Waals surface area contributed by atoms with Crippen LogP contribution in [-0.2, 0) is 4.79 Å². The summed E-state index contributed by atoms with van der Waals surface area (Å²) in [6.07, 6.45) is 12.3. The van der Waals surface area contributed by atoms with Crippen molar-refractivity contribution in [2.24, 2.45) is 17.6 Å². The average molecular weight is 422 g/mol. The molecule has 3 aliphatic rings. The molecule has 8 heteroatoms. The quantitative estimate of drug-likeness (QED) is 0.655. The Morgan fingerprint density at radius 1 is 1.28 bits per heavy atom. The van der Waals surface area contributed by atoms with Crippen molar-refractivity contribution in [3.05, 3.63) is 33.8 Å². The second kappa shape index (κ2) is 10.1. The minimum absolute atomic E-state index is 0.130. The maximum Gasteiger partial charge on any atom is 0.285 e. The Hall–Kier alpha value is -2.02. The third kappa shape index (κ3) is 6.49. The van der Waals surface area contributed by atoms with E-state index in [1.165, 1.54) is 32.1 Å². The highest BCUT2D eigenvalue weighted by molar-refractivity contribution is 6.33. The molecule has 0 radical (unpaired) electrons. The van der Waals surface area contributed by atoms with E-state index in [2.05, 4.69) is 27.0 Å². The Morgan fingerprint density at radius 3 is 2.62 bits per heavy atom. The Labute approximate surface area is 177 Å². The Morgan fingerprint density at radius 2 is 2.00 bits per heavy atom. The SMILES string of the molecule is C=C(CC1CCN(c2cn[nH]c(=O)c2Cl)C1)NC1CCCCC1.NC(=O)C1CC1. The molecule has 0 bridgehead atoms. The molecular formula is C21H32ClN5O2. The fourth-order valence-corrected chi connectivity index (χ4v) is 4.33. The first kappa shape index (κ1) is 21.7. The van der Waals surface area contributed by atoms with Crippen LogP contribution in [0.25, 0.3) is 0 Å². The molecule has 1 aliphatic heterocycles. The first-order valence-electron chi connectivity index (χ1n) is 10.7. The largest absolute Gasteiger partial charge is 0.386 e. The number of hydrogen-bond donors (Lipinski definition) is 3. The zero-order valence-corrected chi connectivity index (χ0v) is 17.7. The zero-order chi connectivity index (χ0) is 20.8. The van der Waals surface area contributed by atoms with Crippen molar-refractivity contribution < 1.29 is 4.79 Å². The van der Waals surface area contributed by atoms with Crippen molar-refractivity contribution in [3.8, 4) is 0 Å². The lowest BCUT2D eigenvalue weighted by atomic mass is 9.94. The monoisotopic (exact) mass is 421 g/mol. The number of carbonyl (C=O) groups excluding carboxylic acids is 1. The van der Waals surface area contributed by atoms with Gasteiger partial charge in [-0.05, 0) is 44.4 Å². The van der Waals surface area contributed by atoms with Gasteiger partial charge < -0.3 is 16.0 Å². The molecule has 2 aliphatic carbocycles. The lowest BCUT2D eigenvalue weighted by molar-refractivity contribution is -0.119. The molecule has 2 heterocycles. The van der Waals surface area contributed by atoms with Crippen LogP contribution in [0, 0.1) is 11.8 Å². The van der Waals surface area contributed by atoms with Crippen LogP contribution < -0.4 is 21.5 Å². The number of hydrogen-bond acceptors (Lipinski definition) is 5. The number of primary amides is 1. The van der Waals surface area contributed by atoms with Gasteiger partial charge in [0.05, 0.1) is 11.9 Å². The Bertz CT molecular complexity index is 771. The Kier molecular flexibility index (Phi) is 7.58. The summed E-state index contributed by atoms with van der Waals surface area (Å²) < 4.78 is 0. The van der Waals surface area contributed by atoms with E-state index >= 15 is 0 Å². The highest BCUT2D eigenvalue weighted by Gasteiger charge is 2.27. The minimum atomic E-state index is -0.323. The summed E-state index contributed by atoms with van der Waals surface area (Å²) in [6.45, 7) is 6.03. The minimum Gasteiger partial charge on any atom is -0.386 e. The van der Waals surface area contributed by atoms with Gasteiger partial charge in [-0.1, -0.05) is 37.4 Å². The lowest BCUT2D eigenvalue weighted by Gasteiger charge is -2.26. The summed E-state index contributed by atoms with van der Waals surface area (Å²) in [5, 5.41) is 10.1.